The van der Waals surface area contributed by atoms with E-state index in [1.54, 1.807) is 47.4 Å². The third-order valence-corrected chi connectivity index (χ3v) is 4.41. The number of carbonyl (C=O) groups is 2. The summed E-state index contributed by atoms with van der Waals surface area (Å²) in [7, 11) is 0. The van der Waals surface area contributed by atoms with Gasteiger partial charge in [-0.15, -0.1) is 0 Å². The highest BCUT2D eigenvalue weighted by molar-refractivity contribution is 9.10. The number of halogens is 1. The van der Waals surface area contributed by atoms with Gasteiger partial charge in [0.05, 0.1) is 21.6 Å². The minimum absolute atomic E-state index is 0.0891. The topological polar surface area (TPSA) is 119 Å². The number of hydrogen-bond acceptors (Lipinski definition) is 5. The molecule has 0 aliphatic carbocycles. The minimum atomic E-state index is -0.597. The van der Waals surface area contributed by atoms with Gasteiger partial charge in [-0.25, -0.2) is 4.68 Å². The molecule has 142 valence electrons. The van der Waals surface area contributed by atoms with Gasteiger partial charge in [-0.05, 0) is 58.4 Å². The number of hydrogen-bond donors (Lipinski definition) is 2. The molecular weight excluding hydrogens is 430 g/mol. The molecule has 2 amide bonds. The summed E-state index contributed by atoms with van der Waals surface area (Å²) in [6.07, 6.45) is 3.47. The third kappa shape index (κ3) is 4.60. The fourth-order valence-corrected chi connectivity index (χ4v) is 2.77. The van der Waals surface area contributed by atoms with Crippen LogP contribution in [-0.2, 0) is 4.79 Å². The molecule has 0 radical (unpaired) electrons. The van der Waals surface area contributed by atoms with Gasteiger partial charge in [-0.1, -0.05) is 0 Å². The van der Waals surface area contributed by atoms with Crippen molar-refractivity contribution in [3.63, 3.8) is 0 Å². The van der Waals surface area contributed by atoms with Crippen LogP contribution in [0.5, 0.6) is 0 Å². The Morgan fingerprint density at radius 1 is 1.18 bits per heavy atom. The van der Waals surface area contributed by atoms with Gasteiger partial charge in [0.1, 0.15) is 0 Å². The second-order valence-electron chi connectivity index (χ2n) is 5.65. The molecule has 1 aromatic heterocycles. The van der Waals surface area contributed by atoms with Gasteiger partial charge in [0, 0.05) is 29.7 Å². The van der Waals surface area contributed by atoms with E-state index in [1.807, 2.05) is 0 Å². The monoisotopic (exact) mass is 443 g/mol. The molecule has 3 rings (SSSR count). The maximum atomic E-state index is 12.1. The molecule has 0 saturated carbocycles. The van der Waals surface area contributed by atoms with Crippen LogP contribution in [0.3, 0.4) is 0 Å². The highest BCUT2D eigenvalue weighted by Gasteiger charge is 2.16. The Bertz CT molecular complexity index is 1020. The number of amides is 2. The summed E-state index contributed by atoms with van der Waals surface area (Å²) < 4.78 is 1.95. The maximum absolute atomic E-state index is 12.1. The van der Waals surface area contributed by atoms with Crippen molar-refractivity contribution in [1.82, 2.24) is 15.1 Å². The Hall–Kier alpha value is -3.53. The zero-order valence-corrected chi connectivity index (χ0v) is 15.9. The van der Waals surface area contributed by atoms with E-state index < -0.39 is 16.7 Å². The van der Waals surface area contributed by atoms with E-state index in [-0.39, 0.29) is 22.3 Å². The fourth-order valence-electron chi connectivity index (χ4n) is 2.38. The van der Waals surface area contributed by atoms with Crippen molar-refractivity contribution in [3.05, 3.63) is 81.1 Å². The Kier molecular flexibility index (Phi) is 5.80. The third-order valence-electron chi connectivity index (χ3n) is 3.73. The molecule has 2 N–H and O–H groups in total. The lowest BCUT2D eigenvalue weighted by Crippen LogP contribution is -2.32. The van der Waals surface area contributed by atoms with Gasteiger partial charge in [0.15, 0.2) is 0 Å². The van der Waals surface area contributed by atoms with Crippen molar-refractivity contribution in [3.8, 4) is 5.69 Å². The molecule has 0 bridgehead atoms. The van der Waals surface area contributed by atoms with E-state index in [0.29, 0.717) is 5.69 Å². The molecule has 1 heterocycles. The number of anilines is 1. The highest BCUT2D eigenvalue weighted by atomic mass is 79.9. The molecule has 2 aromatic carbocycles. The first-order valence-electron chi connectivity index (χ1n) is 8.06. The molecule has 10 heteroatoms. The number of aromatic nitrogens is 2. The van der Waals surface area contributed by atoms with Crippen LogP contribution in [0.2, 0.25) is 0 Å². The van der Waals surface area contributed by atoms with E-state index in [4.69, 9.17) is 0 Å². The van der Waals surface area contributed by atoms with E-state index in [9.17, 15) is 19.7 Å². The molecular formula is C18H14BrN5O4. The SMILES string of the molecule is O=C(CNC(=O)c1ccc(Br)c([N+](=O)[O-])c1)Nc1ccc(-n2cccn2)cc1. The van der Waals surface area contributed by atoms with Crippen LogP contribution in [0, 0.1) is 10.1 Å². The molecule has 0 saturated heterocycles. The van der Waals surface area contributed by atoms with Crippen molar-refractivity contribution < 1.29 is 14.5 Å². The zero-order valence-electron chi connectivity index (χ0n) is 14.3. The van der Waals surface area contributed by atoms with Crippen molar-refractivity contribution in [1.29, 1.82) is 0 Å². The van der Waals surface area contributed by atoms with Gasteiger partial charge < -0.3 is 10.6 Å². The first-order chi connectivity index (χ1) is 13.4. The van der Waals surface area contributed by atoms with Crippen LogP contribution in [0.4, 0.5) is 11.4 Å². The van der Waals surface area contributed by atoms with Crippen LogP contribution in [0.25, 0.3) is 5.69 Å². The number of rotatable bonds is 6. The predicted molar refractivity (Wildman–Crippen MR) is 105 cm³/mol. The lowest BCUT2D eigenvalue weighted by molar-refractivity contribution is -0.385. The molecule has 9 nitrogen and oxygen atoms in total. The summed E-state index contributed by atoms with van der Waals surface area (Å²) >= 11 is 3.05. The number of benzene rings is 2. The van der Waals surface area contributed by atoms with E-state index in [2.05, 4.69) is 31.7 Å². The van der Waals surface area contributed by atoms with Gasteiger partial charge in [0.2, 0.25) is 5.91 Å². The summed E-state index contributed by atoms with van der Waals surface area (Å²) in [5.41, 5.74) is 1.27. The van der Waals surface area contributed by atoms with Gasteiger partial charge in [0.25, 0.3) is 11.6 Å². The first-order valence-corrected chi connectivity index (χ1v) is 8.85. The Balaban J connectivity index is 1.56. The summed E-state index contributed by atoms with van der Waals surface area (Å²) in [6.45, 7) is -0.274. The second-order valence-corrected chi connectivity index (χ2v) is 6.51. The second kappa shape index (κ2) is 8.44. The van der Waals surface area contributed by atoms with E-state index >= 15 is 0 Å². The summed E-state index contributed by atoms with van der Waals surface area (Å²) in [5, 5.41) is 20.1. The van der Waals surface area contributed by atoms with E-state index in [0.717, 1.165) is 11.8 Å². The number of nitro groups is 1. The Labute approximate surface area is 167 Å². The normalized spacial score (nSPS) is 10.3. The Morgan fingerprint density at radius 2 is 1.93 bits per heavy atom. The average Bonchev–Trinajstić information content (AvgIpc) is 3.21. The number of nitrogens with zero attached hydrogens (tertiary/aromatic N) is 3. The molecule has 0 aliphatic heterocycles. The average molecular weight is 444 g/mol. The lowest BCUT2D eigenvalue weighted by Gasteiger charge is -2.08. The van der Waals surface area contributed by atoms with Crippen LogP contribution in [0.1, 0.15) is 10.4 Å². The summed E-state index contributed by atoms with van der Waals surface area (Å²) in [4.78, 5) is 34.5. The van der Waals surface area contributed by atoms with Gasteiger partial charge >= 0.3 is 0 Å². The van der Waals surface area contributed by atoms with Gasteiger partial charge in [-0.3, -0.25) is 19.7 Å². The molecule has 3 aromatic rings. The molecule has 0 unspecified atom stereocenters. The number of carbonyl (C=O) groups excluding carboxylic acids is 2. The number of nitro benzene ring substituents is 1. The maximum Gasteiger partial charge on any atom is 0.284 e. The van der Waals surface area contributed by atoms with Crippen molar-refractivity contribution >= 4 is 39.1 Å². The zero-order chi connectivity index (χ0) is 20.1. The van der Waals surface area contributed by atoms with Crippen molar-refractivity contribution in [2.45, 2.75) is 0 Å². The summed E-state index contributed by atoms with van der Waals surface area (Å²) in [6, 6.07) is 12.8. The van der Waals surface area contributed by atoms with Crippen molar-refractivity contribution in [2.75, 3.05) is 11.9 Å². The molecule has 0 spiro atoms. The standard InChI is InChI=1S/C18H14BrN5O4/c19-15-7-2-12(10-16(15)24(27)28)18(26)20-11-17(25)22-13-3-5-14(6-4-13)23-9-1-8-21-23/h1-10H,11H2,(H,20,26)(H,22,25). The van der Waals surface area contributed by atoms with Crippen molar-refractivity contribution in [2.24, 2.45) is 0 Å². The first kappa shape index (κ1) is 19.2. The smallest absolute Gasteiger partial charge is 0.284 e. The fraction of sp³-hybridized carbons (Fsp3) is 0.0556. The van der Waals surface area contributed by atoms with Gasteiger partial charge in [-0.2, -0.15) is 5.10 Å². The van der Waals surface area contributed by atoms with Crippen LogP contribution in [-0.4, -0.2) is 33.1 Å². The molecule has 28 heavy (non-hydrogen) atoms. The highest BCUT2D eigenvalue weighted by Crippen LogP contribution is 2.25. The largest absolute Gasteiger partial charge is 0.343 e. The molecule has 0 fully saturated rings. The summed E-state index contributed by atoms with van der Waals surface area (Å²) in [5.74, 6) is -1.01. The van der Waals surface area contributed by atoms with E-state index in [1.165, 1.54) is 12.1 Å². The van der Waals surface area contributed by atoms with Crippen LogP contribution >= 0.6 is 15.9 Å². The number of nitrogens with one attached hydrogen (secondary N) is 2. The Morgan fingerprint density at radius 3 is 2.57 bits per heavy atom. The quantitative estimate of drug-likeness (QED) is 0.448. The van der Waals surface area contributed by atoms with Crippen LogP contribution < -0.4 is 10.6 Å². The lowest BCUT2D eigenvalue weighted by atomic mass is 10.2. The van der Waals surface area contributed by atoms with Crippen LogP contribution in [0.15, 0.2) is 65.4 Å². The molecule has 0 aliphatic rings. The predicted octanol–water partition coefficient (Wildman–Crippen LogP) is 2.91. The molecule has 0 atom stereocenters. The minimum Gasteiger partial charge on any atom is -0.343 e.